The second-order valence-corrected chi connectivity index (χ2v) is 17.8. The van der Waals surface area contributed by atoms with E-state index < -0.39 is 33.2 Å². The number of amides is 2. The highest BCUT2D eigenvalue weighted by Crippen LogP contribution is 2.74. The average Bonchev–Trinajstić information content (AvgIpc) is 2.83. The number of rotatable bonds is 2. The molecule has 0 aromatic heterocycles. The van der Waals surface area contributed by atoms with E-state index in [4.69, 9.17) is 0 Å². The fourth-order valence-electron chi connectivity index (χ4n) is 10.8. The number of hydrogen-bond donors (Lipinski definition) is 3. The molecule has 42 heavy (non-hydrogen) atoms. The highest BCUT2D eigenvalue weighted by molar-refractivity contribution is 7.90. The Morgan fingerprint density at radius 3 is 2.19 bits per heavy atom. The third-order valence-corrected chi connectivity index (χ3v) is 14.6. The van der Waals surface area contributed by atoms with Crippen molar-refractivity contribution in [3.05, 3.63) is 11.6 Å². The van der Waals surface area contributed by atoms with E-state index in [0.29, 0.717) is 25.7 Å². The molecule has 238 valence electrons. The fourth-order valence-corrected chi connectivity index (χ4v) is 11.2. The van der Waals surface area contributed by atoms with Crippen LogP contribution < -0.4 is 10.0 Å². The molecule has 0 spiro atoms. The van der Waals surface area contributed by atoms with Gasteiger partial charge in [0.25, 0.3) is 0 Å². The van der Waals surface area contributed by atoms with Crippen LogP contribution in [0.5, 0.6) is 0 Å². The molecule has 5 aliphatic rings. The van der Waals surface area contributed by atoms with Gasteiger partial charge in [0.2, 0.25) is 0 Å². The molecular weight excluding hydrogens is 569 g/mol. The van der Waals surface area contributed by atoms with Crippen molar-refractivity contribution < 1.29 is 36.3 Å². The SMILES string of the molecule is CC1(C)[C@@H](O)CC[C@]2(C)[C@H]3C(=O)C=C4[C@@H]5C[C@@](C)(NC(=O)NS(=O)(=O)C(F)(F)F)CC[C@]5(C)CC[C@@]4(C)[C@]3(C)CC[C@@H]12. The normalized spacial score (nSPS) is 46.7. The number of nitrogens with one attached hydrogen (secondary N) is 2. The molecule has 9 atom stereocenters. The first-order valence-corrected chi connectivity index (χ1v) is 16.8. The van der Waals surface area contributed by atoms with Gasteiger partial charge in [-0.1, -0.05) is 47.1 Å². The number of urea groups is 1. The Labute approximate surface area is 247 Å². The standard InChI is InChI=1S/C31H47F3N2O5S/c1-25(2)21-8-11-30(7)23(28(21,5)10-9-22(25)38)20(37)16-18-19-17-27(4,14-12-26(19,3)13-15-29(18,30)6)35-24(39)36-42(40,41)31(32,33)34/h16,19,21-23,38H,8-15,17H2,1-7H3,(H2,35,36,39)/t19-,21-,22-,23+,26+,27-,28-,29+,30+/m0/s1. The summed E-state index contributed by atoms with van der Waals surface area (Å²) in [6, 6.07) is -1.40. The van der Waals surface area contributed by atoms with Crippen molar-refractivity contribution in [1.29, 1.82) is 0 Å². The summed E-state index contributed by atoms with van der Waals surface area (Å²) in [7, 11) is -5.83. The number of aliphatic hydroxyl groups excluding tert-OH is 1. The van der Waals surface area contributed by atoms with Crippen LogP contribution in [0.3, 0.4) is 0 Å². The molecule has 2 amide bonds. The minimum Gasteiger partial charge on any atom is -0.393 e. The molecule has 5 aliphatic carbocycles. The molecule has 0 bridgehead atoms. The zero-order valence-corrected chi connectivity index (χ0v) is 26.7. The number of sulfonamides is 1. The zero-order valence-electron chi connectivity index (χ0n) is 25.9. The van der Waals surface area contributed by atoms with Crippen LogP contribution in [0.1, 0.15) is 106 Å². The molecule has 0 aromatic carbocycles. The molecular formula is C31H47F3N2O5S. The quantitative estimate of drug-likeness (QED) is 0.341. The highest BCUT2D eigenvalue weighted by atomic mass is 32.2. The summed E-state index contributed by atoms with van der Waals surface area (Å²) in [5.74, 6) is 0.0752. The van der Waals surface area contributed by atoms with Gasteiger partial charge in [0.05, 0.1) is 6.10 Å². The molecule has 0 unspecified atom stereocenters. The second kappa shape index (κ2) is 9.21. The number of aliphatic hydroxyl groups is 1. The van der Waals surface area contributed by atoms with E-state index in [1.54, 1.807) is 6.92 Å². The molecule has 0 radical (unpaired) electrons. The topological polar surface area (TPSA) is 113 Å². The number of alkyl halides is 3. The van der Waals surface area contributed by atoms with Crippen molar-refractivity contribution in [2.45, 2.75) is 123 Å². The lowest BCUT2D eigenvalue weighted by Crippen LogP contribution is -2.67. The van der Waals surface area contributed by atoms with E-state index in [-0.39, 0.29) is 50.6 Å². The van der Waals surface area contributed by atoms with Gasteiger partial charge in [0, 0.05) is 11.5 Å². The number of fused-ring (bicyclic) bond motifs is 7. The molecule has 7 nitrogen and oxygen atoms in total. The monoisotopic (exact) mass is 616 g/mol. The van der Waals surface area contributed by atoms with Crippen LogP contribution in [0.2, 0.25) is 0 Å². The number of halogens is 3. The summed E-state index contributed by atoms with van der Waals surface area (Å²) in [4.78, 5) is 26.9. The van der Waals surface area contributed by atoms with Crippen LogP contribution >= 0.6 is 0 Å². The van der Waals surface area contributed by atoms with Gasteiger partial charge in [-0.15, -0.1) is 0 Å². The van der Waals surface area contributed by atoms with Crippen molar-refractivity contribution in [1.82, 2.24) is 10.0 Å². The van der Waals surface area contributed by atoms with Crippen LogP contribution in [0.15, 0.2) is 11.6 Å². The van der Waals surface area contributed by atoms with Crippen molar-refractivity contribution in [2.75, 3.05) is 0 Å². The van der Waals surface area contributed by atoms with Gasteiger partial charge in [0.1, 0.15) is 0 Å². The Hall–Kier alpha value is -1.62. The highest BCUT2D eigenvalue weighted by Gasteiger charge is 2.70. The molecule has 5 rings (SSSR count). The maximum absolute atomic E-state index is 14.4. The summed E-state index contributed by atoms with van der Waals surface area (Å²) in [5, 5.41) is 13.5. The summed E-state index contributed by atoms with van der Waals surface area (Å²) in [6.45, 7) is 15.0. The molecule has 0 aliphatic heterocycles. The van der Waals surface area contributed by atoms with Crippen molar-refractivity contribution >= 4 is 21.8 Å². The largest absolute Gasteiger partial charge is 0.516 e. The number of hydrogen-bond acceptors (Lipinski definition) is 5. The Kier molecular flexibility index (Phi) is 6.97. The van der Waals surface area contributed by atoms with Gasteiger partial charge < -0.3 is 10.4 Å². The smallest absolute Gasteiger partial charge is 0.393 e. The van der Waals surface area contributed by atoms with Crippen molar-refractivity contribution in [2.24, 2.45) is 44.8 Å². The Balaban J connectivity index is 1.49. The number of carbonyl (C=O) groups is 2. The molecule has 4 fully saturated rings. The summed E-state index contributed by atoms with van der Waals surface area (Å²) in [6.07, 6.45) is 8.16. The summed E-state index contributed by atoms with van der Waals surface area (Å²) in [5.41, 5.74) is -6.76. The van der Waals surface area contributed by atoms with Crippen molar-refractivity contribution in [3.63, 3.8) is 0 Å². The lowest BCUT2D eigenvalue weighted by molar-refractivity contribution is -0.201. The number of ketones is 1. The maximum atomic E-state index is 14.4. The summed E-state index contributed by atoms with van der Waals surface area (Å²) < 4.78 is 62.9. The minimum absolute atomic E-state index is 0.0913. The van der Waals surface area contributed by atoms with Gasteiger partial charge in [-0.25, -0.2) is 9.52 Å². The van der Waals surface area contributed by atoms with Gasteiger partial charge in [-0.05, 0) is 110 Å². The van der Waals surface area contributed by atoms with E-state index in [1.165, 1.54) is 0 Å². The predicted molar refractivity (Wildman–Crippen MR) is 152 cm³/mol. The lowest BCUT2D eigenvalue weighted by Gasteiger charge is -2.70. The van der Waals surface area contributed by atoms with Gasteiger partial charge in [-0.3, -0.25) is 4.79 Å². The molecule has 0 heterocycles. The van der Waals surface area contributed by atoms with Crippen LogP contribution in [0.4, 0.5) is 18.0 Å². The second-order valence-electron chi connectivity index (χ2n) is 16.1. The molecule has 0 saturated heterocycles. The van der Waals surface area contributed by atoms with Crippen molar-refractivity contribution in [3.8, 4) is 0 Å². The van der Waals surface area contributed by atoms with Crippen LogP contribution in [-0.4, -0.2) is 42.5 Å². The Bertz CT molecular complexity index is 1330. The zero-order chi connectivity index (χ0) is 31.5. The Morgan fingerprint density at radius 1 is 0.952 bits per heavy atom. The van der Waals surface area contributed by atoms with E-state index in [0.717, 1.165) is 42.4 Å². The van der Waals surface area contributed by atoms with E-state index in [1.807, 2.05) is 6.08 Å². The van der Waals surface area contributed by atoms with Crippen LogP contribution in [-0.2, 0) is 14.8 Å². The first-order valence-electron chi connectivity index (χ1n) is 15.3. The predicted octanol–water partition coefficient (Wildman–Crippen LogP) is 6.23. The molecule has 0 aromatic rings. The molecule has 3 N–H and O–H groups in total. The average molecular weight is 617 g/mol. The molecule has 11 heteroatoms. The van der Waals surface area contributed by atoms with Gasteiger partial charge in [-0.2, -0.15) is 21.6 Å². The number of allylic oxidation sites excluding steroid dienone is 2. The van der Waals surface area contributed by atoms with Gasteiger partial charge >= 0.3 is 21.6 Å². The molecule has 4 saturated carbocycles. The maximum Gasteiger partial charge on any atom is 0.516 e. The third-order valence-electron chi connectivity index (χ3n) is 13.5. The lowest BCUT2D eigenvalue weighted by atomic mass is 9.33. The Morgan fingerprint density at radius 2 is 1.57 bits per heavy atom. The van der Waals surface area contributed by atoms with E-state index in [2.05, 4.69) is 46.9 Å². The summed E-state index contributed by atoms with van der Waals surface area (Å²) >= 11 is 0. The van der Waals surface area contributed by atoms with Gasteiger partial charge in [0.15, 0.2) is 5.78 Å². The minimum atomic E-state index is -5.83. The van der Waals surface area contributed by atoms with Crippen LogP contribution in [0.25, 0.3) is 0 Å². The fraction of sp³-hybridized carbons (Fsp3) is 0.871. The first kappa shape index (κ1) is 31.8. The third kappa shape index (κ3) is 4.32. The van der Waals surface area contributed by atoms with E-state index >= 15 is 0 Å². The van der Waals surface area contributed by atoms with E-state index in [9.17, 15) is 36.3 Å². The van der Waals surface area contributed by atoms with Crippen LogP contribution in [0, 0.1) is 44.8 Å². The first-order chi connectivity index (χ1) is 19.0. The number of carbonyl (C=O) groups excluding carboxylic acids is 2.